The average Bonchev–Trinajstić information content (AvgIpc) is 2.87. The van der Waals surface area contributed by atoms with Crippen LogP contribution in [0.15, 0.2) is 0 Å². The summed E-state index contributed by atoms with van der Waals surface area (Å²) in [6, 6.07) is 0.189. The van der Waals surface area contributed by atoms with Gasteiger partial charge in [0.25, 0.3) is 0 Å². The number of likely N-dealkylation sites (N-methyl/N-ethyl adjacent to an activating group) is 1. The number of nitrogens with zero attached hydrogens (tertiary/aromatic N) is 2. The molecule has 2 N–H and O–H groups in total. The summed E-state index contributed by atoms with van der Waals surface area (Å²) < 4.78 is 0. The van der Waals surface area contributed by atoms with Crippen LogP contribution in [-0.4, -0.2) is 48.1 Å². The van der Waals surface area contributed by atoms with Crippen molar-refractivity contribution in [2.24, 2.45) is 11.7 Å². The molecule has 4 heteroatoms. The van der Waals surface area contributed by atoms with E-state index in [2.05, 4.69) is 6.92 Å². The molecule has 4 nitrogen and oxygen atoms in total. The van der Waals surface area contributed by atoms with Gasteiger partial charge in [0.15, 0.2) is 0 Å². The Bertz CT molecular complexity index is 299. The molecule has 0 radical (unpaired) electrons. The monoisotopic (exact) mass is 253 g/mol. The number of hydrogen-bond donors (Lipinski definition) is 1. The van der Waals surface area contributed by atoms with Crippen LogP contribution in [0.1, 0.15) is 45.4 Å². The molecule has 1 atom stereocenters. The van der Waals surface area contributed by atoms with Crippen LogP contribution in [-0.2, 0) is 0 Å². The number of nitrogens with two attached hydrogens (primary N) is 1. The molecule has 0 bridgehead atoms. The lowest BCUT2D eigenvalue weighted by Gasteiger charge is -2.42. The Morgan fingerprint density at radius 3 is 2.61 bits per heavy atom. The van der Waals surface area contributed by atoms with Crippen molar-refractivity contribution in [2.45, 2.75) is 51.0 Å². The fraction of sp³-hybridized carbons (Fsp3) is 0.929. The van der Waals surface area contributed by atoms with Crippen LogP contribution in [0.2, 0.25) is 0 Å². The van der Waals surface area contributed by atoms with Gasteiger partial charge in [-0.1, -0.05) is 19.8 Å². The lowest BCUT2D eigenvalue weighted by Crippen LogP contribution is -2.57. The highest BCUT2D eigenvalue weighted by Crippen LogP contribution is 2.34. The standard InChI is InChI=1S/C14H27N3O/c1-12-6-5-9-17(10-12)13(18)16(2)14(11-15)7-3-4-8-14/h12H,3-11,15H2,1-2H3. The maximum Gasteiger partial charge on any atom is 0.320 e. The van der Waals surface area contributed by atoms with Gasteiger partial charge >= 0.3 is 6.03 Å². The van der Waals surface area contributed by atoms with E-state index in [9.17, 15) is 4.79 Å². The Kier molecular flexibility index (Phi) is 4.15. The Morgan fingerprint density at radius 2 is 2.06 bits per heavy atom. The number of rotatable bonds is 2. The maximum atomic E-state index is 12.6. The van der Waals surface area contributed by atoms with Crippen molar-refractivity contribution in [1.82, 2.24) is 9.80 Å². The van der Waals surface area contributed by atoms with E-state index in [1.807, 2.05) is 16.8 Å². The first-order valence-electron chi connectivity index (χ1n) is 7.32. The van der Waals surface area contributed by atoms with Gasteiger partial charge in [0, 0.05) is 26.7 Å². The number of amides is 2. The van der Waals surface area contributed by atoms with E-state index in [-0.39, 0.29) is 11.6 Å². The van der Waals surface area contributed by atoms with Gasteiger partial charge in [0.1, 0.15) is 0 Å². The predicted octanol–water partition coefficient (Wildman–Crippen LogP) is 2.04. The molecule has 0 aromatic carbocycles. The second-order valence-electron chi connectivity index (χ2n) is 6.17. The Labute approximate surface area is 110 Å². The van der Waals surface area contributed by atoms with Crippen molar-refractivity contribution in [2.75, 3.05) is 26.7 Å². The topological polar surface area (TPSA) is 49.6 Å². The van der Waals surface area contributed by atoms with Crippen molar-refractivity contribution in [3.8, 4) is 0 Å². The van der Waals surface area contributed by atoms with Crippen molar-refractivity contribution < 1.29 is 4.79 Å². The lowest BCUT2D eigenvalue weighted by molar-refractivity contribution is 0.0941. The minimum atomic E-state index is -0.0717. The van der Waals surface area contributed by atoms with Gasteiger partial charge < -0.3 is 15.5 Å². The normalized spacial score (nSPS) is 27.3. The summed E-state index contributed by atoms with van der Waals surface area (Å²) in [6.45, 7) is 4.64. The van der Waals surface area contributed by atoms with Crippen LogP contribution in [0.3, 0.4) is 0 Å². The summed E-state index contributed by atoms with van der Waals surface area (Å²) in [5.74, 6) is 0.633. The number of carbonyl (C=O) groups is 1. The third-order valence-corrected chi connectivity index (χ3v) is 4.84. The molecule has 1 saturated carbocycles. The van der Waals surface area contributed by atoms with E-state index in [0.717, 1.165) is 32.4 Å². The number of urea groups is 1. The van der Waals surface area contributed by atoms with Gasteiger partial charge in [-0.15, -0.1) is 0 Å². The van der Waals surface area contributed by atoms with Gasteiger partial charge in [0.2, 0.25) is 0 Å². The Balaban J connectivity index is 2.03. The van der Waals surface area contributed by atoms with Gasteiger partial charge in [-0.05, 0) is 31.6 Å². The molecule has 0 spiro atoms. The Hall–Kier alpha value is -0.770. The molecule has 18 heavy (non-hydrogen) atoms. The number of carbonyl (C=O) groups excluding carboxylic acids is 1. The highest BCUT2D eigenvalue weighted by Gasteiger charge is 2.40. The largest absolute Gasteiger partial charge is 0.328 e. The summed E-state index contributed by atoms with van der Waals surface area (Å²) in [4.78, 5) is 16.6. The third kappa shape index (κ3) is 2.48. The van der Waals surface area contributed by atoms with E-state index in [0.29, 0.717) is 12.5 Å². The molecule has 1 saturated heterocycles. The molecule has 104 valence electrons. The van der Waals surface area contributed by atoms with E-state index < -0.39 is 0 Å². The van der Waals surface area contributed by atoms with Crippen LogP contribution < -0.4 is 5.73 Å². The second-order valence-corrected chi connectivity index (χ2v) is 6.17. The molecule has 2 fully saturated rings. The fourth-order valence-electron chi connectivity index (χ4n) is 3.49. The molecule has 2 amide bonds. The summed E-state index contributed by atoms with van der Waals surface area (Å²) >= 11 is 0. The van der Waals surface area contributed by atoms with Gasteiger partial charge in [-0.25, -0.2) is 4.79 Å². The van der Waals surface area contributed by atoms with E-state index in [4.69, 9.17) is 5.73 Å². The molecular formula is C14H27N3O. The highest BCUT2D eigenvalue weighted by molar-refractivity contribution is 5.75. The average molecular weight is 253 g/mol. The third-order valence-electron chi connectivity index (χ3n) is 4.84. The van der Waals surface area contributed by atoms with E-state index in [1.165, 1.54) is 19.3 Å². The molecule has 1 heterocycles. The summed E-state index contributed by atoms with van der Waals surface area (Å²) in [6.07, 6.45) is 6.91. The SMILES string of the molecule is CC1CCCN(C(=O)N(C)C2(CN)CCCC2)C1. The van der Waals surface area contributed by atoms with Crippen LogP contribution in [0, 0.1) is 5.92 Å². The van der Waals surface area contributed by atoms with Crippen LogP contribution >= 0.6 is 0 Å². The van der Waals surface area contributed by atoms with Gasteiger partial charge in [-0.2, -0.15) is 0 Å². The zero-order valence-electron chi connectivity index (χ0n) is 11.8. The second kappa shape index (κ2) is 5.47. The van der Waals surface area contributed by atoms with Crippen molar-refractivity contribution in [3.63, 3.8) is 0 Å². The van der Waals surface area contributed by atoms with Crippen molar-refractivity contribution in [3.05, 3.63) is 0 Å². The van der Waals surface area contributed by atoms with Crippen molar-refractivity contribution in [1.29, 1.82) is 0 Å². The molecule has 1 unspecified atom stereocenters. The summed E-state index contributed by atoms with van der Waals surface area (Å²) in [5.41, 5.74) is 5.88. The molecule has 0 aromatic rings. The van der Waals surface area contributed by atoms with E-state index >= 15 is 0 Å². The highest BCUT2D eigenvalue weighted by atomic mass is 16.2. The van der Waals surface area contributed by atoms with Crippen LogP contribution in [0.5, 0.6) is 0 Å². The van der Waals surface area contributed by atoms with Crippen LogP contribution in [0.25, 0.3) is 0 Å². The molecular weight excluding hydrogens is 226 g/mol. The fourth-order valence-corrected chi connectivity index (χ4v) is 3.49. The molecule has 0 aromatic heterocycles. The quantitative estimate of drug-likeness (QED) is 0.818. The van der Waals surface area contributed by atoms with Crippen LogP contribution in [0.4, 0.5) is 4.79 Å². The number of piperidine rings is 1. The first kappa shape index (κ1) is 13.7. The first-order chi connectivity index (χ1) is 8.59. The summed E-state index contributed by atoms with van der Waals surface area (Å²) in [7, 11) is 1.94. The Morgan fingerprint density at radius 1 is 1.39 bits per heavy atom. The van der Waals surface area contributed by atoms with Gasteiger partial charge in [0.05, 0.1) is 5.54 Å². The summed E-state index contributed by atoms with van der Waals surface area (Å²) in [5, 5.41) is 0. The minimum Gasteiger partial charge on any atom is -0.328 e. The zero-order valence-corrected chi connectivity index (χ0v) is 11.8. The molecule has 2 aliphatic rings. The minimum absolute atomic E-state index is 0.0717. The van der Waals surface area contributed by atoms with Gasteiger partial charge in [-0.3, -0.25) is 0 Å². The zero-order chi connectivity index (χ0) is 13.2. The lowest BCUT2D eigenvalue weighted by atomic mass is 9.95. The first-order valence-corrected chi connectivity index (χ1v) is 7.32. The maximum absolute atomic E-state index is 12.6. The molecule has 2 rings (SSSR count). The number of hydrogen-bond acceptors (Lipinski definition) is 2. The van der Waals surface area contributed by atoms with Crippen molar-refractivity contribution >= 4 is 6.03 Å². The van der Waals surface area contributed by atoms with E-state index in [1.54, 1.807) is 0 Å². The molecule has 1 aliphatic carbocycles. The number of likely N-dealkylation sites (tertiary alicyclic amines) is 1. The predicted molar refractivity (Wildman–Crippen MR) is 73.4 cm³/mol. The molecule has 1 aliphatic heterocycles. The smallest absolute Gasteiger partial charge is 0.320 e.